The van der Waals surface area contributed by atoms with Crippen molar-refractivity contribution < 1.29 is 9.90 Å². The summed E-state index contributed by atoms with van der Waals surface area (Å²) in [7, 11) is 0. The second-order valence-corrected chi connectivity index (χ2v) is 7.50. The summed E-state index contributed by atoms with van der Waals surface area (Å²) >= 11 is 0. The molecular weight excluding hydrogens is 350 g/mol. The number of nitrogens with zero attached hydrogens (tertiary/aromatic N) is 2. The summed E-state index contributed by atoms with van der Waals surface area (Å²) < 4.78 is 1.86. The number of nitrogens with one attached hydrogen (secondary N) is 1. The maximum Gasteiger partial charge on any atom is 0.320 e. The minimum Gasteiger partial charge on any atom is -0.480 e. The number of benzene rings is 2. The van der Waals surface area contributed by atoms with Gasteiger partial charge < -0.3 is 10.4 Å². The highest BCUT2D eigenvalue weighted by molar-refractivity contribution is 5.73. The lowest BCUT2D eigenvalue weighted by Crippen LogP contribution is -2.37. The van der Waals surface area contributed by atoms with Crippen LogP contribution in [0.5, 0.6) is 0 Å². The first-order valence-electron chi connectivity index (χ1n) is 9.62. The first-order valence-corrected chi connectivity index (χ1v) is 9.62. The Bertz CT molecular complexity index is 932. The van der Waals surface area contributed by atoms with Gasteiger partial charge in [0.25, 0.3) is 0 Å². The molecule has 3 rings (SSSR count). The number of aromatic nitrogens is 2. The Morgan fingerprint density at radius 3 is 2.43 bits per heavy atom. The predicted octanol–water partition coefficient (Wildman–Crippen LogP) is 4.44. The molecule has 5 heteroatoms. The van der Waals surface area contributed by atoms with Crippen LogP contribution in [0.15, 0.2) is 60.8 Å². The van der Waals surface area contributed by atoms with E-state index in [1.54, 1.807) is 0 Å². The van der Waals surface area contributed by atoms with E-state index in [0.717, 1.165) is 28.1 Å². The van der Waals surface area contributed by atoms with Crippen molar-refractivity contribution in [3.8, 4) is 16.9 Å². The highest BCUT2D eigenvalue weighted by Crippen LogP contribution is 2.26. The normalized spacial score (nSPS) is 12.3. The first kappa shape index (κ1) is 19.8. The lowest BCUT2D eigenvalue weighted by Gasteiger charge is -2.16. The molecule has 0 aliphatic rings. The van der Waals surface area contributed by atoms with E-state index in [0.29, 0.717) is 18.9 Å². The number of carbonyl (C=O) groups is 1. The minimum absolute atomic E-state index is 0.302. The van der Waals surface area contributed by atoms with Crippen molar-refractivity contribution in [2.45, 2.75) is 39.8 Å². The SMILES string of the molecule is Cc1ccccc1-c1nn(-c2ccccc2)cc1CN[C@@H](CC(C)C)C(=O)O. The molecule has 0 saturated carbocycles. The van der Waals surface area contributed by atoms with Gasteiger partial charge in [-0.05, 0) is 37.0 Å². The number of rotatable bonds is 8. The monoisotopic (exact) mass is 377 g/mol. The molecule has 0 unspecified atom stereocenters. The van der Waals surface area contributed by atoms with Crippen molar-refractivity contribution in [3.63, 3.8) is 0 Å². The summed E-state index contributed by atoms with van der Waals surface area (Å²) in [5.74, 6) is -0.516. The van der Waals surface area contributed by atoms with Gasteiger partial charge in [0, 0.05) is 23.9 Å². The third kappa shape index (κ3) is 4.67. The summed E-state index contributed by atoms with van der Waals surface area (Å²) in [6.45, 7) is 6.57. The first-order chi connectivity index (χ1) is 13.5. The van der Waals surface area contributed by atoms with E-state index in [9.17, 15) is 9.90 Å². The quantitative estimate of drug-likeness (QED) is 0.609. The predicted molar refractivity (Wildman–Crippen MR) is 111 cm³/mol. The van der Waals surface area contributed by atoms with Crippen LogP contribution >= 0.6 is 0 Å². The number of hydrogen-bond acceptors (Lipinski definition) is 3. The van der Waals surface area contributed by atoms with E-state index in [-0.39, 0.29) is 0 Å². The van der Waals surface area contributed by atoms with Crippen molar-refractivity contribution in [3.05, 3.63) is 71.9 Å². The van der Waals surface area contributed by atoms with E-state index in [1.807, 2.05) is 67.2 Å². The van der Waals surface area contributed by atoms with Crippen molar-refractivity contribution in [2.24, 2.45) is 5.92 Å². The van der Waals surface area contributed by atoms with Gasteiger partial charge in [-0.15, -0.1) is 0 Å². The number of para-hydroxylation sites is 1. The smallest absolute Gasteiger partial charge is 0.320 e. The van der Waals surface area contributed by atoms with Gasteiger partial charge in [0.05, 0.1) is 11.4 Å². The van der Waals surface area contributed by atoms with E-state index in [4.69, 9.17) is 5.10 Å². The maximum atomic E-state index is 11.6. The molecule has 0 bridgehead atoms. The third-order valence-electron chi connectivity index (χ3n) is 4.76. The molecule has 2 N–H and O–H groups in total. The van der Waals surface area contributed by atoms with Crippen molar-refractivity contribution in [2.75, 3.05) is 0 Å². The highest BCUT2D eigenvalue weighted by Gasteiger charge is 2.20. The van der Waals surface area contributed by atoms with Crippen LogP contribution in [-0.4, -0.2) is 26.9 Å². The van der Waals surface area contributed by atoms with Crippen LogP contribution in [-0.2, 0) is 11.3 Å². The number of aryl methyl sites for hydroxylation is 1. The summed E-state index contributed by atoms with van der Waals surface area (Å²) in [5.41, 5.74) is 5.03. The molecule has 0 fully saturated rings. The Morgan fingerprint density at radius 2 is 1.79 bits per heavy atom. The van der Waals surface area contributed by atoms with Gasteiger partial charge in [-0.25, -0.2) is 4.68 Å². The standard InChI is InChI=1S/C23H27N3O2/c1-16(2)13-21(23(27)28)24-14-18-15-26(19-10-5-4-6-11-19)25-22(18)20-12-8-7-9-17(20)3/h4-12,15-16,21,24H,13-14H2,1-3H3,(H,27,28)/t21-/m0/s1. The van der Waals surface area contributed by atoms with E-state index in [2.05, 4.69) is 24.4 Å². The molecule has 0 aliphatic heterocycles. The molecule has 5 nitrogen and oxygen atoms in total. The van der Waals surface area contributed by atoms with Crippen LogP contribution in [0, 0.1) is 12.8 Å². The highest BCUT2D eigenvalue weighted by atomic mass is 16.4. The minimum atomic E-state index is -0.818. The fourth-order valence-electron chi connectivity index (χ4n) is 3.29. The second kappa shape index (κ2) is 8.85. The largest absolute Gasteiger partial charge is 0.480 e. The molecule has 28 heavy (non-hydrogen) atoms. The number of carboxylic acids is 1. The lowest BCUT2D eigenvalue weighted by atomic mass is 10.0. The molecule has 0 spiro atoms. The molecule has 1 heterocycles. The number of hydrogen-bond donors (Lipinski definition) is 2. The summed E-state index contributed by atoms with van der Waals surface area (Å²) in [6.07, 6.45) is 2.57. The molecule has 2 aromatic carbocycles. The third-order valence-corrected chi connectivity index (χ3v) is 4.76. The molecule has 0 aliphatic carbocycles. The second-order valence-electron chi connectivity index (χ2n) is 7.50. The van der Waals surface area contributed by atoms with Gasteiger partial charge in [-0.3, -0.25) is 4.79 Å². The van der Waals surface area contributed by atoms with Crippen LogP contribution in [0.2, 0.25) is 0 Å². The number of carboxylic acid groups (broad SMARTS) is 1. The van der Waals surface area contributed by atoms with Gasteiger partial charge in [-0.2, -0.15) is 5.10 Å². The summed E-state index contributed by atoms with van der Waals surface area (Å²) in [4.78, 5) is 11.6. The maximum absolute atomic E-state index is 11.6. The molecular formula is C23H27N3O2. The average Bonchev–Trinajstić information content (AvgIpc) is 3.09. The molecule has 0 radical (unpaired) electrons. The van der Waals surface area contributed by atoms with Gasteiger partial charge >= 0.3 is 5.97 Å². The van der Waals surface area contributed by atoms with Crippen molar-refractivity contribution in [1.82, 2.24) is 15.1 Å². The zero-order valence-electron chi connectivity index (χ0n) is 16.6. The van der Waals surface area contributed by atoms with Crippen LogP contribution in [0.3, 0.4) is 0 Å². The van der Waals surface area contributed by atoms with Gasteiger partial charge in [0.1, 0.15) is 6.04 Å². The molecule has 0 amide bonds. The molecule has 1 aromatic heterocycles. The topological polar surface area (TPSA) is 67.2 Å². The van der Waals surface area contributed by atoms with Crippen molar-refractivity contribution in [1.29, 1.82) is 0 Å². The van der Waals surface area contributed by atoms with Crippen LogP contribution in [0.4, 0.5) is 0 Å². The van der Waals surface area contributed by atoms with Gasteiger partial charge in [0.15, 0.2) is 0 Å². The zero-order valence-corrected chi connectivity index (χ0v) is 16.6. The fourth-order valence-corrected chi connectivity index (χ4v) is 3.29. The summed E-state index contributed by atoms with van der Waals surface area (Å²) in [6, 6.07) is 17.5. The molecule has 1 atom stereocenters. The van der Waals surface area contributed by atoms with Gasteiger partial charge in [0.2, 0.25) is 0 Å². The Morgan fingerprint density at radius 1 is 1.11 bits per heavy atom. The van der Waals surface area contributed by atoms with E-state index in [1.165, 1.54) is 0 Å². The van der Waals surface area contributed by atoms with Crippen LogP contribution in [0.25, 0.3) is 16.9 Å². The van der Waals surface area contributed by atoms with E-state index < -0.39 is 12.0 Å². The Labute approximate surface area is 166 Å². The van der Waals surface area contributed by atoms with Gasteiger partial charge in [-0.1, -0.05) is 56.3 Å². The fraction of sp³-hybridized carbons (Fsp3) is 0.304. The Kier molecular flexibility index (Phi) is 6.26. The van der Waals surface area contributed by atoms with Crippen molar-refractivity contribution >= 4 is 5.97 Å². The summed E-state index contributed by atoms with van der Waals surface area (Å²) in [5, 5.41) is 17.6. The zero-order chi connectivity index (χ0) is 20.1. The number of aliphatic carboxylic acids is 1. The van der Waals surface area contributed by atoms with Crippen LogP contribution in [0.1, 0.15) is 31.4 Å². The molecule has 146 valence electrons. The average molecular weight is 377 g/mol. The van der Waals surface area contributed by atoms with E-state index >= 15 is 0 Å². The van der Waals surface area contributed by atoms with Crippen LogP contribution < -0.4 is 5.32 Å². The lowest BCUT2D eigenvalue weighted by molar-refractivity contribution is -0.140. The Balaban J connectivity index is 1.95. The molecule has 3 aromatic rings. The molecule has 0 saturated heterocycles. The Hall–Kier alpha value is -2.92.